The van der Waals surface area contributed by atoms with Crippen LogP contribution in [-0.4, -0.2) is 10.8 Å². The summed E-state index contributed by atoms with van der Waals surface area (Å²) in [5.41, 5.74) is 5.12. The van der Waals surface area contributed by atoms with Crippen molar-refractivity contribution >= 4 is 41.0 Å². The third-order valence-corrected chi connectivity index (χ3v) is 10.1. The molecule has 4 heteroatoms. The van der Waals surface area contributed by atoms with Crippen LogP contribution in [-0.2, 0) is 16.5 Å². The molecular weight excluding hydrogens is 672 g/mol. The molecule has 0 bridgehead atoms. The molecule has 0 aliphatic rings. The second-order valence-electron chi connectivity index (χ2n) is 12.2. The number of aliphatic imine (C=N–C) groups is 1. The van der Waals surface area contributed by atoms with Crippen LogP contribution in [0.15, 0.2) is 181 Å². The summed E-state index contributed by atoms with van der Waals surface area (Å²) in [6.45, 7) is 10.7. The van der Waals surface area contributed by atoms with Crippen LogP contribution in [0.25, 0.3) is 5.76 Å². The van der Waals surface area contributed by atoms with E-state index >= 15 is 0 Å². The van der Waals surface area contributed by atoms with Crippen molar-refractivity contribution in [3.8, 4) is 0 Å². The molecule has 0 spiro atoms. The SMILES string of the molecule is CC(/C=C(\O)c1ccccc1)=Nc1c(C(C)C)cccc1C(C)C.[Ni].[c-]1ccccc1.c1ccc(P(c2ccccc2)c2ccccc2)cc1. The Morgan fingerprint density at radius 3 is 1.28 bits per heavy atom. The number of para-hydroxylation sites is 1. The van der Waals surface area contributed by atoms with Gasteiger partial charge in [0.2, 0.25) is 0 Å². The normalized spacial score (nSPS) is 11.2. The fourth-order valence-electron chi connectivity index (χ4n) is 5.26. The number of allylic oxidation sites excluding steroid dienone is 1. The van der Waals surface area contributed by atoms with Gasteiger partial charge in [0, 0.05) is 33.8 Å². The molecule has 258 valence electrons. The van der Waals surface area contributed by atoms with Crippen molar-refractivity contribution < 1.29 is 21.6 Å². The van der Waals surface area contributed by atoms with Crippen LogP contribution in [0.5, 0.6) is 0 Å². The van der Waals surface area contributed by atoms with E-state index in [-0.39, 0.29) is 22.3 Å². The van der Waals surface area contributed by atoms with E-state index in [9.17, 15) is 5.11 Å². The van der Waals surface area contributed by atoms with Gasteiger partial charge in [0.05, 0.1) is 5.69 Å². The molecule has 0 radical (unpaired) electrons. The Hall–Kier alpha value is -4.55. The number of rotatable bonds is 8. The molecule has 0 amide bonds. The van der Waals surface area contributed by atoms with Crippen molar-refractivity contribution in [3.63, 3.8) is 0 Å². The fourth-order valence-corrected chi connectivity index (χ4v) is 7.57. The van der Waals surface area contributed by atoms with E-state index in [4.69, 9.17) is 4.99 Å². The van der Waals surface area contributed by atoms with E-state index in [0.717, 1.165) is 17.0 Å². The van der Waals surface area contributed by atoms with E-state index in [1.165, 1.54) is 27.0 Å². The Balaban J connectivity index is 0.000000231. The number of benzene rings is 6. The third kappa shape index (κ3) is 12.4. The van der Waals surface area contributed by atoms with Crippen LogP contribution >= 0.6 is 7.92 Å². The second-order valence-corrected chi connectivity index (χ2v) is 14.4. The van der Waals surface area contributed by atoms with Crippen molar-refractivity contribution in [1.29, 1.82) is 0 Å². The van der Waals surface area contributed by atoms with Crippen LogP contribution in [0.2, 0.25) is 0 Å². The molecule has 50 heavy (non-hydrogen) atoms. The predicted molar refractivity (Wildman–Crippen MR) is 215 cm³/mol. The molecular formula is C46H47NNiOP-. The molecule has 0 saturated heterocycles. The summed E-state index contributed by atoms with van der Waals surface area (Å²) in [6, 6.07) is 60.8. The minimum absolute atomic E-state index is 0. The van der Waals surface area contributed by atoms with Crippen LogP contribution < -0.4 is 15.9 Å². The summed E-state index contributed by atoms with van der Waals surface area (Å²) in [5.74, 6) is 1.05. The maximum Gasteiger partial charge on any atom is 0.124 e. The van der Waals surface area contributed by atoms with Crippen molar-refractivity contribution in [1.82, 2.24) is 0 Å². The molecule has 1 N–H and O–H groups in total. The first-order valence-electron chi connectivity index (χ1n) is 16.9. The molecule has 0 aliphatic heterocycles. The van der Waals surface area contributed by atoms with Gasteiger partial charge in [-0.15, -0.1) is 0 Å². The van der Waals surface area contributed by atoms with Crippen LogP contribution in [0.4, 0.5) is 5.69 Å². The first-order valence-corrected chi connectivity index (χ1v) is 18.2. The molecule has 0 atom stereocenters. The van der Waals surface area contributed by atoms with Gasteiger partial charge in [-0.1, -0.05) is 167 Å². The topological polar surface area (TPSA) is 32.6 Å². The minimum Gasteiger partial charge on any atom is -0.507 e. The van der Waals surface area contributed by atoms with Crippen molar-refractivity contribution in [2.75, 3.05) is 0 Å². The Bertz CT molecular complexity index is 1710. The fraction of sp³-hybridized carbons (Fsp3) is 0.152. The zero-order valence-corrected chi connectivity index (χ0v) is 31.4. The minimum atomic E-state index is -0.446. The monoisotopic (exact) mass is 718 g/mol. The van der Waals surface area contributed by atoms with E-state index < -0.39 is 7.92 Å². The third-order valence-electron chi connectivity index (χ3n) is 7.70. The van der Waals surface area contributed by atoms with Gasteiger partial charge in [0.1, 0.15) is 5.76 Å². The first kappa shape index (κ1) is 39.9. The van der Waals surface area contributed by atoms with Crippen LogP contribution in [0.1, 0.15) is 63.1 Å². The summed E-state index contributed by atoms with van der Waals surface area (Å²) in [4.78, 5) is 4.85. The van der Waals surface area contributed by atoms with Gasteiger partial charge in [-0.05, 0) is 53.7 Å². The summed E-state index contributed by atoms with van der Waals surface area (Å²) >= 11 is 0. The van der Waals surface area contributed by atoms with E-state index in [1.54, 1.807) is 6.08 Å². The first-order chi connectivity index (χ1) is 23.8. The molecule has 0 fully saturated rings. The standard InChI is InChI=1S/C22H27NO.C18H15P.C6H5.Ni/c1-15(2)19-12-9-13-20(16(3)4)22(19)23-17(5)14-21(24)18-10-7-6-8-11-18;1-4-10-16(11-5-1)19(17-12-6-2-7-13-17)18-14-8-3-9-15-18;1-2-4-6-5-3-1;/h6-16,24H,1-5H3;1-15H;1-5H;/q;;-1;/b21-14-,23-17?;;;. The summed E-state index contributed by atoms with van der Waals surface area (Å²) in [7, 11) is -0.446. The average molecular weight is 720 g/mol. The van der Waals surface area contributed by atoms with Gasteiger partial charge in [-0.2, -0.15) is 36.4 Å². The molecule has 0 saturated carbocycles. The Labute approximate surface area is 311 Å². The number of nitrogens with zero attached hydrogens (tertiary/aromatic N) is 1. The van der Waals surface area contributed by atoms with Gasteiger partial charge in [-0.3, -0.25) is 4.99 Å². The van der Waals surface area contributed by atoms with E-state index in [2.05, 4.69) is 143 Å². The van der Waals surface area contributed by atoms with Gasteiger partial charge >= 0.3 is 0 Å². The number of aliphatic hydroxyl groups excluding tert-OH is 1. The quantitative estimate of drug-likeness (QED) is 0.0549. The van der Waals surface area contributed by atoms with Crippen molar-refractivity contribution in [3.05, 3.63) is 199 Å². The molecule has 0 unspecified atom stereocenters. The van der Waals surface area contributed by atoms with Crippen molar-refractivity contribution in [2.45, 2.75) is 46.5 Å². The van der Waals surface area contributed by atoms with Gasteiger partial charge < -0.3 is 5.11 Å². The number of aliphatic hydroxyl groups is 1. The van der Waals surface area contributed by atoms with Gasteiger partial charge in [-0.25, -0.2) is 0 Å². The van der Waals surface area contributed by atoms with E-state index in [1.807, 2.05) is 67.6 Å². The number of hydrogen-bond donors (Lipinski definition) is 1. The molecule has 0 aromatic heterocycles. The predicted octanol–water partition coefficient (Wildman–Crippen LogP) is 11.6. The van der Waals surface area contributed by atoms with Crippen LogP contribution in [0.3, 0.4) is 0 Å². The Morgan fingerprint density at radius 2 is 0.940 bits per heavy atom. The Kier molecular flexibility index (Phi) is 17.2. The largest absolute Gasteiger partial charge is 0.507 e. The molecule has 2 nitrogen and oxygen atoms in total. The molecule has 6 rings (SSSR count). The summed E-state index contributed by atoms with van der Waals surface area (Å²) in [6.07, 6.45) is 1.73. The van der Waals surface area contributed by atoms with Gasteiger partial charge in [0.15, 0.2) is 0 Å². The number of hydrogen-bond acceptors (Lipinski definition) is 2. The molecule has 0 aliphatic carbocycles. The second kappa shape index (κ2) is 21.5. The summed E-state index contributed by atoms with van der Waals surface area (Å²) in [5, 5.41) is 14.5. The Morgan fingerprint density at radius 1 is 0.560 bits per heavy atom. The van der Waals surface area contributed by atoms with Crippen molar-refractivity contribution in [2.24, 2.45) is 4.99 Å². The van der Waals surface area contributed by atoms with Crippen LogP contribution in [0, 0.1) is 6.07 Å². The maximum absolute atomic E-state index is 10.3. The molecule has 6 aromatic carbocycles. The van der Waals surface area contributed by atoms with Gasteiger partial charge in [0.25, 0.3) is 0 Å². The van der Waals surface area contributed by atoms with E-state index in [0.29, 0.717) is 11.8 Å². The maximum atomic E-state index is 10.3. The molecule has 0 heterocycles. The smallest absolute Gasteiger partial charge is 0.124 e. The zero-order chi connectivity index (χ0) is 34.8. The summed E-state index contributed by atoms with van der Waals surface area (Å²) < 4.78 is 0. The zero-order valence-electron chi connectivity index (χ0n) is 29.6. The average Bonchev–Trinajstić information content (AvgIpc) is 3.14. The molecule has 6 aromatic rings.